The fourth-order valence-electron chi connectivity index (χ4n) is 2.73. The molecular weight excluding hydrogens is 226 g/mol. The SMILES string of the molecule is COc1cccc(C(=O)N2[C@H](C)CCC[C@H]2C)c1. The largest absolute Gasteiger partial charge is 0.497 e. The number of carbonyl (C=O) groups is 1. The van der Waals surface area contributed by atoms with Crippen LogP contribution in [0.5, 0.6) is 5.75 Å². The highest BCUT2D eigenvalue weighted by atomic mass is 16.5. The summed E-state index contributed by atoms with van der Waals surface area (Å²) in [6.07, 6.45) is 3.41. The minimum atomic E-state index is 0.119. The first-order valence-electron chi connectivity index (χ1n) is 6.60. The van der Waals surface area contributed by atoms with Crippen molar-refractivity contribution in [1.29, 1.82) is 0 Å². The number of amides is 1. The second kappa shape index (κ2) is 5.42. The molecule has 0 spiro atoms. The Morgan fingerprint density at radius 1 is 1.28 bits per heavy atom. The van der Waals surface area contributed by atoms with Gasteiger partial charge >= 0.3 is 0 Å². The first kappa shape index (κ1) is 12.9. The molecule has 0 unspecified atom stereocenters. The Bertz CT molecular complexity index is 420. The third-order valence-electron chi connectivity index (χ3n) is 3.74. The lowest BCUT2D eigenvalue weighted by molar-refractivity contribution is 0.0510. The van der Waals surface area contributed by atoms with Gasteiger partial charge in [0, 0.05) is 17.6 Å². The van der Waals surface area contributed by atoms with Gasteiger partial charge < -0.3 is 9.64 Å². The molecule has 1 fully saturated rings. The maximum absolute atomic E-state index is 12.6. The van der Waals surface area contributed by atoms with Crippen LogP contribution in [-0.2, 0) is 0 Å². The predicted octanol–water partition coefficient (Wildman–Crippen LogP) is 3.10. The van der Waals surface area contributed by atoms with Crippen molar-refractivity contribution < 1.29 is 9.53 Å². The van der Waals surface area contributed by atoms with Crippen molar-refractivity contribution in [2.75, 3.05) is 7.11 Å². The minimum absolute atomic E-state index is 0.119. The maximum Gasteiger partial charge on any atom is 0.254 e. The van der Waals surface area contributed by atoms with Gasteiger partial charge in [0.05, 0.1) is 7.11 Å². The molecule has 0 radical (unpaired) electrons. The van der Waals surface area contributed by atoms with Crippen LogP contribution >= 0.6 is 0 Å². The van der Waals surface area contributed by atoms with Crippen LogP contribution in [0, 0.1) is 0 Å². The molecule has 1 aliphatic heterocycles. The molecule has 3 nitrogen and oxygen atoms in total. The number of nitrogens with zero attached hydrogens (tertiary/aromatic N) is 1. The summed E-state index contributed by atoms with van der Waals surface area (Å²) in [6.45, 7) is 4.27. The molecule has 0 bridgehead atoms. The molecule has 0 aromatic heterocycles. The van der Waals surface area contributed by atoms with Crippen LogP contribution in [0.25, 0.3) is 0 Å². The molecule has 1 saturated heterocycles. The van der Waals surface area contributed by atoms with Gasteiger partial charge in [0.2, 0.25) is 0 Å². The van der Waals surface area contributed by atoms with Crippen molar-refractivity contribution in [3.8, 4) is 5.75 Å². The van der Waals surface area contributed by atoms with Gasteiger partial charge in [-0.25, -0.2) is 0 Å². The molecule has 18 heavy (non-hydrogen) atoms. The number of likely N-dealkylation sites (tertiary alicyclic amines) is 1. The van der Waals surface area contributed by atoms with E-state index in [4.69, 9.17) is 4.74 Å². The van der Waals surface area contributed by atoms with Gasteiger partial charge in [-0.1, -0.05) is 6.07 Å². The summed E-state index contributed by atoms with van der Waals surface area (Å²) in [5, 5.41) is 0. The lowest BCUT2D eigenvalue weighted by Crippen LogP contribution is -2.47. The fourth-order valence-corrected chi connectivity index (χ4v) is 2.73. The van der Waals surface area contributed by atoms with Crippen molar-refractivity contribution in [1.82, 2.24) is 4.90 Å². The van der Waals surface area contributed by atoms with Crippen molar-refractivity contribution >= 4 is 5.91 Å². The molecule has 1 heterocycles. The van der Waals surface area contributed by atoms with Crippen LogP contribution in [0.2, 0.25) is 0 Å². The number of piperidine rings is 1. The molecule has 2 atom stereocenters. The topological polar surface area (TPSA) is 29.5 Å². The van der Waals surface area contributed by atoms with Crippen LogP contribution in [0.15, 0.2) is 24.3 Å². The predicted molar refractivity (Wildman–Crippen MR) is 71.9 cm³/mol. The summed E-state index contributed by atoms with van der Waals surface area (Å²) >= 11 is 0. The molecule has 1 aromatic rings. The number of hydrogen-bond acceptors (Lipinski definition) is 2. The van der Waals surface area contributed by atoms with E-state index in [0.717, 1.165) is 24.2 Å². The minimum Gasteiger partial charge on any atom is -0.497 e. The highest BCUT2D eigenvalue weighted by Crippen LogP contribution is 2.25. The number of hydrogen-bond donors (Lipinski definition) is 0. The Morgan fingerprint density at radius 2 is 1.94 bits per heavy atom. The molecule has 98 valence electrons. The van der Waals surface area contributed by atoms with Gasteiger partial charge in [0.15, 0.2) is 0 Å². The van der Waals surface area contributed by atoms with Crippen LogP contribution in [0.1, 0.15) is 43.5 Å². The Morgan fingerprint density at radius 3 is 2.56 bits per heavy atom. The van der Waals surface area contributed by atoms with Crippen molar-refractivity contribution in [2.24, 2.45) is 0 Å². The van der Waals surface area contributed by atoms with Crippen LogP contribution in [-0.4, -0.2) is 30.0 Å². The summed E-state index contributed by atoms with van der Waals surface area (Å²) in [5.74, 6) is 0.853. The average Bonchev–Trinajstić information content (AvgIpc) is 2.38. The molecule has 1 aromatic carbocycles. The van der Waals surface area contributed by atoms with Crippen LogP contribution in [0.4, 0.5) is 0 Å². The Hall–Kier alpha value is -1.51. The molecule has 1 aliphatic rings. The Labute approximate surface area is 109 Å². The van der Waals surface area contributed by atoms with Crippen molar-refractivity contribution in [3.05, 3.63) is 29.8 Å². The Balaban J connectivity index is 2.23. The molecule has 1 amide bonds. The number of methoxy groups -OCH3 is 1. The van der Waals surface area contributed by atoms with E-state index in [-0.39, 0.29) is 5.91 Å². The summed E-state index contributed by atoms with van der Waals surface area (Å²) in [5.41, 5.74) is 0.718. The zero-order chi connectivity index (χ0) is 13.1. The third kappa shape index (κ3) is 2.50. The lowest BCUT2D eigenvalue weighted by Gasteiger charge is -2.39. The number of ether oxygens (including phenoxy) is 1. The van der Waals surface area contributed by atoms with E-state index < -0.39 is 0 Å². The standard InChI is InChI=1S/C15H21NO2/c1-11-6-4-7-12(2)16(11)15(17)13-8-5-9-14(10-13)18-3/h5,8-12H,4,6-7H2,1-3H3/t11-,12-/m1/s1. The molecule has 0 aliphatic carbocycles. The second-order valence-corrected chi connectivity index (χ2v) is 5.07. The van der Waals surface area contributed by atoms with Gasteiger partial charge in [0.1, 0.15) is 5.75 Å². The number of rotatable bonds is 2. The van der Waals surface area contributed by atoms with Crippen LogP contribution < -0.4 is 4.74 Å². The fraction of sp³-hybridized carbons (Fsp3) is 0.533. The number of carbonyl (C=O) groups excluding carboxylic acids is 1. The van der Waals surface area contributed by atoms with E-state index in [0.29, 0.717) is 12.1 Å². The smallest absolute Gasteiger partial charge is 0.254 e. The summed E-state index contributed by atoms with van der Waals surface area (Å²) in [6, 6.07) is 8.06. The zero-order valence-electron chi connectivity index (χ0n) is 11.3. The van der Waals surface area contributed by atoms with Gasteiger partial charge in [-0.05, 0) is 51.3 Å². The van der Waals surface area contributed by atoms with Crippen molar-refractivity contribution in [2.45, 2.75) is 45.2 Å². The monoisotopic (exact) mass is 247 g/mol. The molecule has 2 rings (SSSR count). The van der Waals surface area contributed by atoms with E-state index in [9.17, 15) is 4.79 Å². The zero-order valence-corrected chi connectivity index (χ0v) is 11.3. The van der Waals surface area contributed by atoms with E-state index in [2.05, 4.69) is 13.8 Å². The van der Waals surface area contributed by atoms with Gasteiger partial charge in [-0.15, -0.1) is 0 Å². The van der Waals surface area contributed by atoms with E-state index >= 15 is 0 Å². The van der Waals surface area contributed by atoms with E-state index in [1.54, 1.807) is 7.11 Å². The Kier molecular flexibility index (Phi) is 3.90. The summed E-state index contributed by atoms with van der Waals surface area (Å²) < 4.78 is 5.18. The highest BCUT2D eigenvalue weighted by molar-refractivity contribution is 5.95. The maximum atomic E-state index is 12.6. The molecule has 3 heteroatoms. The van der Waals surface area contributed by atoms with E-state index in [1.165, 1.54) is 6.42 Å². The third-order valence-corrected chi connectivity index (χ3v) is 3.74. The first-order chi connectivity index (χ1) is 8.63. The van der Waals surface area contributed by atoms with Gasteiger partial charge in [0.25, 0.3) is 5.91 Å². The second-order valence-electron chi connectivity index (χ2n) is 5.07. The van der Waals surface area contributed by atoms with Gasteiger partial charge in [-0.3, -0.25) is 4.79 Å². The van der Waals surface area contributed by atoms with Crippen molar-refractivity contribution in [3.63, 3.8) is 0 Å². The first-order valence-corrected chi connectivity index (χ1v) is 6.60. The normalized spacial score (nSPS) is 23.8. The summed E-state index contributed by atoms with van der Waals surface area (Å²) in [7, 11) is 1.62. The van der Waals surface area contributed by atoms with Gasteiger partial charge in [-0.2, -0.15) is 0 Å². The lowest BCUT2D eigenvalue weighted by atomic mass is 9.96. The molecule has 0 saturated carbocycles. The summed E-state index contributed by atoms with van der Waals surface area (Å²) in [4.78, 5) is 14.6. The van der Waals surface area contributed by atoms with Crippen LogP contribution in [0.3, 0.4) is 0 Å². The molecule has 0 N–H and O–H groups in total. The molecular formula is C15H21NO2. The quantitative estimate of drug-likeness (QED) is 0.803. The van der Waals surface area contributed by atoms with E-state index in [1.807, 2.05) is 29.2 Å². The highest BCUT2D eigenvalue weighted by Gasteiger charge is 2.29. The number of benzene rings is 1. The average molecular weight is 247 g/mol.